The number of nitrogen functional groups attached to an aromatic ring is 1. The number of nitrogens with one attached hydrogen (secondary N) is 2. The minimum Gasteiger partial charge on any atom is -0.481 e. The molecule has 1 saturated carbocycles. The Morgan fingerprint density at radius 3 is 2.81 bits per heavy atom. The number of hydrogen-bond donors (Lipinski definition) is 3. The number of aromatic nitrogens is 3. The molecule has 0 radical (unpaired) electrons. The lowest BCUT2D eigenvalue weighted by Crippen LogP contribution is -2.12. The molecule has 0 atom stereocenters. The van der Waals surface area contributed by atoms with Crippen LogP contribution in [0.3, 0.4) is 0 Å². The summed E-state index contributed by atoms with van der Waals surface area (Å²) in [5, 5.41) is 3.28. The lowest BCUT2D eigenvalue weighted by Gasteiger charge is -2.10. The van der Waals surface area contributed by atoms with Gasteiger partial charge in [-0.05, 0) is 24.5 Å². The van der Waals surface area contributed by atoms with E-state index in [0.29, 0.717) is 24.2 Å². The van der Waals surface area contributed by atoms with E-state index in [1.807, 2.05) is 12.1 Å². The van der Waals surface area contributed by atoms with E-state index in [0.717, 1.165) is 30.0 Å². The van der Waals surface area contributed by atoms with Crippen molar-refractivity contribution in [3.63, 3.8) is 0 Å². The van der Waals surface area contributed by atoms with Crippen LogP contribution < -0.4 is 21.3 Å². The van der Waals surface area contributed by atoms with Crippen LogP contribution in [0.25, 0.3) is 0 Å². The van der Waals surface area contributed by atoms with Gasteiger partial charge < -0.3 is 15.5 Å². The molecule has 2 aromatic rings. The zero-order valence-electron chi connectivity index (χ0n) is 11.8. The third-order valence-electron chi connectivity index (χ3n) is 3.32. The van der Waals surface area contributed by atoms with Crippen molar-refractivity contribution in [2.24, 2.45) is 5.84 Å². The molecule has 0 saturated heterocycles. The molecular weight excluding hydrogens is 268 g/mol. The average Bonchev–Trinajstić information content (AvgIpc) is 3.37. The first-order valence-electron chi connectivity index (χ1n) is 6.87. The first kappa shape index (κ1) is 13.6. The van der Waals surface area contributed by atoms with E-state index in [-0.39, 0.29) is 0 Å². The summed E-state index contributed by atoms with van der Waals surface area (Å²) in [6, 6.07) is 5.61. The molecule has 3 rings (SSSR count). The average molecular weight is 286 g/mol. The highest BCUT2D eigenvalue weighted by Gasteiger charge is 2.27. The molecule has 4 N–H and O–H groups in total. The predicted octanol–water partition coefficient (Wildman–Crippen LogP) is 1.66. The molecule has 7 heteroatoms. The summed E-state index contributed by atoms with van der Waals surface area (Å²) in [6.07, 6.45) is 4.02. The van der Waals surface area contributed by atoms with Gasteiger partial charge in [-0.3, -0.25) is 0 Å². The van der Waals surface area contributed by atoms with Crippen LogP contribution >= 0.6 is 0 Å². The Balaban J connectivity index is 1.73. The minimum absolute atomic E-state index is 0.472. The molecule has 21 heavy (non-hydrogen) atoms. The van der Waals surface area contributed by atoms with Gasteiger partial charge in [0, 0.05) is 30.8 Å². The fraction of sp³-hybridized carbons (Fsp3) is 0.357. The van der Waals surface area contributed by atoms with E-state index in [4.69, 9.17) is 10.6 Å². The highest BCUT2D eigenvalue weighted by Crippen LogP contribution is 2.38. The first-order chi connectivity index (χ1) is 10.3. The second-order valence-corrected chi connectivity index (χ2v) is 4.98. The van der Waals surface area contributed by atoms with Crippen LogP contribution in [-0.4, -0.2) is 22.1 Å². The lowest BCUT2D eigenvalue weighted by atomic mass is 10.2. The molecule has 0 unspecified atom stereocenters. The molecular formula is C14H18N6O. The minimum atomic E-state index is 0.472. The molecule has 0 bridgehead atoms. The third kappa shape index (κ3) is 3.38. The van der Waals surface area contributed by atoms with Crippen molar-refractivity contribution in [1.82, 2.24) is 15.0 Å². The highest BCUT2D eigenvalue weighted by molar-refractivity contribution is 5.48. The number of hydrogen-bond acceptors (Lipinski definition) is 7. The smallest absolute Gasteiger partial charge is 0.213 e. The van der Waals surface area contributed by atoms with Crippen molar-refractivity contribution in [1.29, 1.82) is 0 Å². The van der Waals surface area contributed by atoms with E-state index >= 15 is 0 Å². The van der Waals surface area contributed by atoms with Crippen molar-refractivity contribution in [2.45, 2.75) is 25.3 Å². The van der Waals surface area contributed by atoms with Crippen molar-refractivity contribution < 1.29 is 4.74 Å². The maximum Gasteiger partial charge on any atom is 0.213 e. The Hall–Kier alpha value is -2.41. The number of anilines is 2. The highest BCUT2D eigenvalue weighted by atomic mass is 16.5. The van der Waals surface area contributed by atoms with Crippen LogP contribution in [0, 0.1) is 0 Å². The van der Waals surface area contributed by atoms with E-state index < -0.39 is 0 Å². The van der Waals surface area contributed by atoms with Gasteiger partial charge in [-0.2, -0.15) is 0 Å². The van der Waals surface area contributed by atoms with Gasteiger partial charge in [-0.25, -0.2) is 20.8 Å². The van der Waals surface area contributed by atoms with E-state index in [2.05, 4.69) is 25.7 Å². The Morgan fingerprint density at radius 2 is 2.10 bits per heavy atom. The molecule has 0 amide bonds. The van der Waals surface area contributed by atoms with Crippen LogP contribution in [0.1, 0.15) is 30.1 Å². The number of methoxy groups -OCH3 is 1. The molecule has 2 aromatic heterocycles. The summed E-state index contributed by atoms with van der Waals surface area (Å²) in [4.78, 5) is 13.0. The van der Waals surface area contributed by atoms with Gasteiger partial charge in [0.15, 0.2) is 0 Å². The number of nitrogens with two attached hydrogens (primary N) is 1. The Morgan fingerprint density at radius 1 is 1.29 bits per heavy atom. The van der Waals surface area contributed by atoms with Crippen molar-refractivity contribution in [3.8, 4) is 5.88 Å². The zero-order valence-corrected chi connectivity index (χ0v) is 11.8. The molecule has 110 valence electrons. The maximum absolute atomic E-state index is 5.46. The van der Waals surface area contributed by atoms with Crippen LogP contribution in [0.5, 0.6) is 5.88 Å². The molecule has 1 aliphatic carbocycles. The summed E-state index contributed by atoms with van der Waals surface area (Å²) in [7, 11) is 1.60. The fourth-order valence-corrected chi connectivity index (χ4v) is 2.02. The van der Waals surface area contributed by atoms with E-state index in [9.17, 15) is 0 Å². The van der Waals surface area contributed by atoms with Gasteiger partial charge in [0.2, 0.25) is 5.88 Å². The molecule has 0 spiro atoms. The van der Waals surface area contributed by atoms with Gasteiger partial charge in [0.25, 0.3) is 0 Å². The van der Waals surface area contributed by atoms with Crippen LogP contribution in [-0.2, 0) is 6.54 Å². The predicted molar refractivity (Wildman–Crippen MR) is 79.9 cm³/mol. The molecule has 1 fully saturated rings. The van der Waals surface area contributed by atoms with Gasteiger partial charge in [0.05, 0.1) is 7.11 Å². The van der Waals surface area contributed by atoms with Gasteiger partial charge >= 0.3 is 0 Å². The topological polar surface area (TPSA) is 98.0 Å². The quantitative estimate of drug-likeness (QED) is 0.548. The zero-order chi connectivity index (χ0) is 14.7. The number of rotatable bonds is 6. The molecule has 2 heterocycles. The van der Waals surface area contributed by atoms with E-state index in [1.165, 1.54) is 0 Å². The third-order valence-corrected chi connectivity index (χ3v) is 3.32. The van der Waals surface area contributed by atoms with Gasteiger partial charge in [0.1, 0.15) is 17.5 Å². The van der Waals surface area contributed by atoms with Gasteiger partial charge in [-0.15, -0.1) is 0 Å². The largest absolute Gasteiger partial charge is 0.481 e. The van der Waals surface area contributed by atoms with Gasteiger partial charge in [-0.1, -0.05) is 0 Å². The summed E-state index contributed by atoms with van der Waals surface area (Å²) in [6.45, 7) is 0.629. The fourth-order valence-electron chi connectivity index (χ4n) is 2.02. The second kappa shape index (κ2) is 5.92. The first-order valence-corrected chi connectivity index (χ1v) is 6.87. The maximum atomic E-state index is 5.46. The summed E-state index contributed by atoms with van der Waals surface area (Å²) < 4.78 is 5.11. The number of pyridine rings is 1. The Bertz CT molecular complexity index is 629. The van der Waals surface area contributed by atoms with Crippen molar-refractivity contribution >= 4 is 11.6 Å². The summed E-state index contributed by atoms with van der Waals surface area (Å²) >= 11 is 0. The summed E-state index contributed by atoms with van der Waals surface area (Å²) in [5.74, 6) is 8.76. The molecule has 0 aliphatic heterocycles. The van der Waals surface area contributed by atoms with E-state index in [1.54, 1.807) is 19.4 Å². The molecule has 1 aliphatic rings. The summed E-state index contributed by atoms with van der Waals surface area (Å²) in [5.41, 5.74) is 3.65. The molecule has 7 nitrogen and oxygen atoms in total. The Kier molecular flexibility index (Phi) is 3.83. The normalized spacial score (nSPS) is 13.8. The van der Waals surface area contributed by atoms with Crippen molar-refractivity contribution in [2.75, 3.05) is 17.9 Å². The SMILES string of the molecule is COc1cc(CNc2cc(NN)nc(C3CC3)n2)ccn1. The lowest BCUT2D eigenvalue weighted by molar-refractivity contribution is 0.397. The second-order valence-electron chi connectivity index (χ2n) is 4.98. The standard InChI is InChI=1S/C14H18N6O/c1-21-13-6-9(4-5-16-13)8-17-11-7-12(20-15)19-14(18-11)10-2-3-10/h4-7,10H,2-3,8,15H2,1H3,(H2,17,18,19,20). The van der Waals surface area contributed by atoms with Crippen molar-refractivity contribution in [3.05, 3.63) is 35.8 Å². The number of hydrazine groups is 1. The number of ether oxygens (including phenoxy) is 1. The van der Waals surface area contributed by atoms with Crippen LogP contribution in [0.2, 0.25) is 0 Å². The molecule has 0 aromatic carbocycles. The van der Waals surface area contributed by atoms with Crippen LogP contribution in [0.15, 0.2) is 24.4 Å². The monoisotopic (exact) mass is 286 g/mol. The number of nitrogens with zero attached hydrogens (tertiary/aromatic N) is 3. The Labute approximate surface area is 122 Å². The van der Waals surface area contributed by atoms with Crippen LogP contribution in [0.4, 0.5) is 11.6 Å².